The summed E-state index contributed by atoms with van der Waals surface area (Å²) in [7, 11) is 0. The molecule has 0 bridgehead atoms. The van der Waals surface area contributed by atoms with Crippen molar-refractivity contribution in [2.75, 3.05) is 6.54 Å². The van der Waals surface area contributed by atoms with Crippen molar-refractivity contribution in [2.24, 2.45) is 0 Å². The third-order valence-corrected chi connectivity index (χ3v) is 5.40. The molecule has 0 unspecified atom stereocenters. The second-order valence-electron chi connectivity index (χ2n) is 6.03. The Morgan fingerprint density at radius 1 is 1.35 bits per heavy atom. The highest BCUT2D eigenvalue weighted by molar-refractivity contribution is 7.97. The number of aromatic nitrogens is 2. The van der Waals surface area contributed by atoms with E-state index in [1.54, 1.807) is 6.92 Å². The highest BCUT2D eigenvalue weighted by Crippen LogP contribution is 2.42. The lowest BCUT2D eigenvalue weighted by Crippen LogP contribution is -2.34. The lowest BCUT2D eigenvalue weighted by molar-refractivity contribution is -0.172. The molecule has 1 saturated carbocycles. The first-order valence-electron chi connectivity index (χ1n) is 8.15. The van der Waals surface area contributed by atoms with Crippen LogP contribution in [0.25, 0.3) is 0 Å². The molecule has 2 aromatic rings. The summed E-state index contributed by atoms with van der Waals surface area (Å²) in [4.78, 5) is 12.5. The molecule has 140 valence electrons. The second kappa shape index (κ2) is 7.62. The number of nitrogens with zero attached hydrogens (tertiary/aromatic N) is 3. The molecule has 1 aromatic carbocycles. The molecule has 9 heteroatoms. The Morgan fingerprint density at radius 3 is 2.50 bits per heavy atom. The van der Waals surface area contributed by atoms with Gasteiger partial charge in [-0.1, -0.05) is 30.7 Å². The minimum Gasteiger partial charge on any atom is -0.268 e. The first-order chi connectivity index (χ1) is 12.3. The Balaban J connectivity index is 1.87. The molecular formula is C17H17ClF3N3OS. The fourth-order valence-electron chi connectivity index (χ4n) is 2.64. The summed E-state index contributed by atoms with van der Waals surface area (Å²) in [5.41, 5.74) is -0.195. The van der Waals surface area contributed by atoms with Crippen LogP contribution in [-0.4, -0.2) is 26.8 Å². The SMILES string of the molecule is CCN(Sc1cnn(C2CC2)c(=O)c1)[C@H](c1ccc(Cl)cc1)C(F)(F)F. The first-order valence-corrected chi connectivity index (χ1v) is 9.30. The van der Waals surface area contributed by atoms with Crippen LogP contribution in [0.4, 0.5) is 13.2 Å². The summed E-state index contributed by atoms with van der Waals surface area (Å²) in [5, 5.41) is 4.46. The average molecular weight is 404 g/mol. The smallest absolute Gasteiger partial charge is 0.268 e. The van der Waals surface area contributed by atoms with E-state index in [4.69, 9.17) is 11.6 Å². The predicted octanol–water partition coefficient (Wildman–Crippen LogP) is 4.86. The first kappa shape index (κ1) is 19.3. The molecule has 0 amide bonds. The Labute approximate surface area is 158 Å². The number of alkyl halides is 3. The van der Waals surface area contributed by atoms with E-state index in [2.05, 4.69) is 5.10 Å². The summed E-state index contributed by atoms with van der Waals surface area (Å²) in [6, 6.07) is 5.26. The van der Waals surface area contributed by atoms with Gasteiger partial charge >= 0.3 is 6.18 Å². The molecular weight excluding hydrogens is 387 g/mol. The van der Waals surface area contributed by atoms with Crippen molar-refractivity contribution in [3.05, 3.63) is 57.5 Å². The molecule has 0 radical (unpaired) electrons. The molecule has 1 aliphatic carbocycles. The van der Waals surface area contributed by atoms with Gasteiger partial charge in [0.2, 0.25) is 0 Å². The van der Waals surface area contributed by atoms with Gasteiger partial charge in [0, 0.05) is 22.5 Å². The van der Waals surface area contributed by atoms with Gasteiger partial charge in [-0.25, -0.2) is 8.99 Å². The Kier molecular flexibility index (Phi) is 5.64. The molecule has 0 saturated heterocycles. The molecule has 0 spiro atoms. The summed E-state index contributed by atoms with van der Waals surface area (Å²) in [6.07, 6.45) is -1.21. The van der Waals surface area contributed by atoms with Crippen LogP contribution in [0.2, 0.25) is 5.02 Å². The van der Waals surface area contributed by atoms with E-state index in [1.165, 1.54) is 45.5 Å². The Morgan fingerprint density at radius 2 is 2.00 bits per heavy atom. The van der Waals surface area contributed by atoms with Gasteiger partial charge in [0.25, 0.3) is 5.56 Å². The van der Waals surface area contributed by atoms with Crippen molar-refractivity contribution < 1.29 is 13.2 Å². The number of hydrogen-bond acceptors (Lipinski definition) is 4. The summed E-state index contributed by atoms with van der Waals surface area (Å²) >= 11 is 6.67. The fourth-order valence-corrected chi connectivity index (χ4v) is 3.76. The third kappa shape index (κ3) is 4.42. The molecule has 0 N–H and O–H groups in total. The summed E-state index contributed by atoms with van der Waals surface area (Å²) in [6.45, 7) is 1.77. The number of rotatable bonds is 6. The molecule has 4 nitrogen and oxygen atoms in total. The van der Waals surface area contributed by atoms with E-state index >= 15 is 0 Å². The van der Waals surface area contributed by atoms with Gasteiger partial charge in [0.1, 0.15) is 6.04 Å². The minimum absolute atomic E-state index is 0.0931. The van der Waals surface area contributed by atoms with Crippen molar-refractivity contribution in [3.63, 3.8) is 0 Å². The van der Waals surface area contributed by atoms with Gasteiger partial charge in [0.15, 0.2) is 0 Å². The molecule has 1 aliphatic rings. The van der Waals surface area contributed by atoms with Crippen molar-refractivity contribution >= 4 is 23.5 Å². The van der Waals surface area contributed by atoms with Crippen LogP contribution < -0.4 is 5.56 Å². The van der Waals surface area contributed by atoms with Crippen LogP contribution in [0.5, 0.6) is 0 Å². The maximum absolute atomic E-state index is 13.7. The number of halogens is 4. The lowest BCUT2D eigenvalue weighted by atomic mass is 10.1. The van der Waals surface area contributed by atoms with Gasteiger partial charge < -0.3 is 0 Å². The minimum atomic E-state index is -4.48. The maximum Gasteiger partial charge on any atom is 0.408 e. The normalized spacial score (nSPS) is 16.1. The van der Waals surface area contributed by atoms with Crippen LogP contribution in [0.3, 0.4) is 0 Å². The van der Waals surface area contributed by atoms with Gasteiger partial charge in [-0.2, -0.15) is 18.3 Å². The molecule has 0 aliphatic heterocycles. The van der Waals surface area contributed by atoms with E-state index < -0.39 is 12.2 Å². The van der Waals surface area contributed by atoms with E-state index in [0.29, 0.717) is 9.92 Å². The van der Waals surface area contributed by atoms with Crippen LogP contribution in [0, 0.1) is 0 Å². The van der Waals surface area contributed by atoms with Crippen LogP contribution in [-0.2, 0) is 0 Å². The highest BCUT2D eigenvalue weighted by Gasteiger charge is 2.45. The second-order valence-corrected chi connectivity index (χ2v) is 7.58. The van der Waals surface area contributed by atoms with E-state index in [1.807, 2.05) is 0 Å². The number of hydrogen-bond donors (Lipinski definition) is 0. The van der Waals surface area contributed by atoms with Crippen molar-refractivity contribution in [1.82, 2.24) is 14.1 Å². The zero-order valence-electron chi connectivity index (χ0n) is 13.9. The molecule has 3 rings (SSSR count). The van der Waals surface area contributed by atoms with Gasteiger partial charge in [0.05, 0.1) is 12.2 Å². The standard InChI is InChI=1S/C17H17ClF3N3OS/c1-2-23(16(17(19,20)21)11-3-5-12(18)6-4-11)26-14-9-15(25)24(22-10-14)13-7-8-13/h3-6,9-10,13,16H,2,7-8H2,1H3/t16-/m1/s1. The topological polar surface area (TPSA) is 38.1 Å². The maximum atomic E-state index is 13.7. The number of benzene rings is 1. The monoisotopic (exact) mass is 403 g/mol. The van der Waals surface area contributed by atoms with E-state index in [-0.39, 0.29) is 23.7 Å². The van der Waals surface area contributed by atoms with Gasteiger partial charge in [-0.15, -0.1) is 0 Å². The lowest BCUT2D eigenvalue weighted by Gasteiger charge is -2.31. The quantitative estimate of drug-likeness (QED) is 0.645. The summed E-state index contributed by atoms with van der Waals surface area (Å²) in [5.74, 6) is 0. The zero-order valence-corrected chi connectivity index (χ0v) is 15.5. The van der Waals surface area contributed by atoms with Crippen molar-refractivity contribution in [2.45, 2.75) is 42.9 Å². The molecule has 26 heavy (non-hydrogen) atoms. The Bertz CT molecular complexity index is 821. The van der Waals surface area contributed by atoms with Gasteiger partial charge in [-0.3, -0.25) is 4.79 Å². The third-order valence-electron chi connectivity index (χ3n) is 4.01. The largest absolute Gasteiger partial charge is 0.408 e. The highest BCUT2D eigenvalue weighted by atomic mass is 35.5. The fraction of sp³-hybridized carbons (Fsp3) is 0.412. The van der Waals surface area contributed by atoms with Gasteiger partial charge in [-0.05, 0) is 42.5 Å². The van der Waals surface area contributed by atoms with Crippen molar-refractivity contribution in [3.8, 4) is 0 Å². The molecule has 1 aromatic heterocycles. The Hall–Kier alpha value is -1.51. The van der Waals surface area contributed by atoms with Crippen molar-refractivity contribution in [1.29, 1.82) is 0 Å². The van der Waals surface area contributed by atoms with Crippen LogP contribution >= 0.6 is 23.5 Å². The summed E-state index contributed by atoms with van der Waals surface area (Å²) < 4.78 is 43.8. The van der Waals surface area contributed by atoms with E-state index in [0.717, 1.165) is 24.8 Å². The average Bonchev–Trinajstić information content (AvgIpc) is 3.39. The molecule has 1 heterocycles. The predicted molar refractivity (Wildman–Crippen MR) is 95.3 cm³/mol. The molecule has 1 atom stereocenters. The van der Waals surface area contributed by atoms with Crippen LogP contribution in [0.1, 0.15) is 37.4 Å². The molecule has 1 fully saturated rings. The van der Waals surface area contributed by atoms with Crippen LogP contribution in [0.15, 0.2) is 46.2 Å². The van der Waals surface area contributed by atoms with E-state index in [9.17, 15) is 18.0 Å². The zero-order chi connectivity index (χ0) is 18.9.